The summed E-state index contributed by atoms with van der Waals surface area (Å²) in [6.45, 7) is 5.81. The minimum atomic E-state index is 0.453. The van der Waals surface area contributed by atoms with Crippen LogP contribution in [0.15, 0.2) is 48.5 Å². The topological polar surface area (TPSA) is 36.9 Å². The fourth-order valence-corrected chi connectivity index (χ4v) is 1.98. The lowest BCUT2D eigenvalue weighted by molar-refractivity contribution is 0.171. The summed E-state index contributed by atoms with van der Waals surface area (Å²) in [6.07, 6.45) is 0. The Labute approximate surface area is 131 Å². The Kier molecular flexibility index (Phi) is 6.42. The van der Waals surface area contributed by atoms with Gasteiger partial charge in [-0.15, -0.1) is 0 Å². The fourth-order valence-electron chi connectivity index (χ4n) is 1.98. The number of hydrogen-bond acceptors (Lipinski definition) is 4. The highest BCUT2D eigenvalue weighted by Gasteiger charge is 2.08. The number of rotatable bonds is 0. The van der Waals surface area contributed by atoms with Crippen LogP contribution in [-0.4, -0.2) is 26.4 Å². The van der Waals surface area contributed by atoms with Gasteiger partial charge in [0.1, 0.15) is 26.4 Å². The van der Waals surface area contributed by atoms with Gasteiger partial charge in [0, 0.05) is 0 Å². The van der Waals surface area contributed by atoms with E-state index < -0.39 is 0 Å². The van der Waals surface area contributed by atoms with Crippen molar-refractivity contribution in [2.24, 2.45) is 0 Å². The third-order valence-electron chi connectivity index (χ3n) is 2.90. The second-order valence-corrected chi connectivity index (χ2v) is 4.29. The highest BCUT2D eigenvalue weighted by Crippen LogP contribution is 2.29. The van der Waals surface area contributed by atoms with Crippen molar-refractivity contribution >= 4 is 0 Å². The van der Waals surface area contributed by atoms with Gasteiger partial charge in [0.05, 0.1) is 0 Å². The average Bonchev–Trinajstić information content (AvgIpc) is 2.58. The van der Waals surface area contributed by atoms with Crippen molar-refractivity contribution in [3.63, 3.8) is 0 Å². The summed E-state index contributed by atoms with van der Waals surface area (Å²) in [4.78, 5) is 0. The van der Waals surface area contributed by atoms with Crippen LogP contribution in [0, 0.1) is 0 Å². The van der Waals surface area contributed by atoms with Gasteiger partial charge in [-0.1, -0.05) is 38.1 Å². The van der Waals surface area contributed by atoms with Crippen molar-refractivity contribution < 1.29 is 18.9 Å². The molecule has 2 aromatic carbocycles. The summed E-state index contributed by atoms with van der Waals surface area (Å²) in [5.74, 6) is 2.91. The molecule has 0 fully saturated rings. The average molecular weight is 302 g/mol. The predicted molar refractivity (Wildman–Crippen MR) is 86.2 cm³/mol. The predicted octanol–water partition coefficient (Wildman–Crippen LogP) is 3.94. The number of para-hydroxylation sites is 4. The summed E-state index contributed by atoms with van der Waals surface area (Å²) in [5, 5.41) is 0. The van der Waals surface area contributed by atoms with E-state index in [1.165, 1.54) is 0 Å². The van der Waals surface area contributed by atoms with E-state index in [2.05, 4.69) is 0 Å². The Morgan fingerprint density at radius 1 is 0.500 bits per heavy atom. The Bertz CT molecular complexity index is 467. The molecule has 0 unspecified atom stereocenters. The van der Waals surface area contributed by atoms with Crippen LogP contribution >= 0.6 is 0 Å². The van der Waals surface area contributed by atoms with E-state index in [0.717, 1.165) is 23.0 Å². The molecule has 0 bridgehead atoms. The molecule has 3 rings (SSSR count). The van der Waals surface area contributed by atoms with Gasteiger partial charge in [0.2, 0.25) is 0 Å². The maximum Gasteiger partial charge on any atom is 0.161 e. The van der Waals surface area contributed by atoms with Crippen LogP contribution in [0.5, 0.6) is 23.0 Å². The van der Waals surface area contributed by atoms with E-state index >= 15 is 0 Å². The second-order valence-electron chi connectivity index (χ2n) is 4.29. The van der Waals surface area contributed by atoms with Crippen molar-refractivity contribution in [2.45, 2.75) is 13.8 Å². The van der Waals surface area contributed by atoms with E-state index in [1.54, 1.807) is 0 Å². The van der Waals surface area contributed by atoms with Crippen LogP contribution in [0.1, 0.15) is 13.8 Å². The quantitative estimate of drug-likeness (QED) is 0.738. The number of ether oxygens (including phenoxy) is 4. The van der Waals surface area contributed by atoms with Gasteiger partial charge in [-0.3, -0.25) is 0 Å². The summed E-state index contributed by atoms with van der Waals surface area (Å²) in [5.41, 5.74) is 0. The van der Waals surface area contributed by atoms with Gasteiger partial charge < -0.3 is 18.9 Å². The number of hydrogen-bond donors (Lipinski definition) is 0. The van der Waals surface area contributed by atoms with Crippen molar-refractivity contribution in [2.75, 3.05) is 26.4 Å². The van der Waals surface area contributed by atoms with E-state index in [1.807, 2.05) is 62.4 Å². The van der Waals surface area contributed by atoms with Gasteiger partial charge in [-0.2, -0.15) is 0 Å². The fraction of sp³-hybridized carbons (Fsp3) is 0.333. The molecule has 1 aliphatic rings. The molecule has 22 heavy (non-hydrogen) atoms. The summed E-state index contributed by atoms with van der Waals surface area (Å²) in [6, 6.07) is 15.2. The minimum absolute atomic E-state index is 0.453. The van der Waals surface area contributed by atoms with Crippen LogP contribution in [0.25, 0.3) is 0 Å². The number of benzene rings is 2. The molecule has 0 saturated carbocycles. The second kappa shape index (κ2) is 8.82. The van der Waals surface area contributed by atoms with Crippen molar-refractivity contribution in [3.8, 4) is 23.0 Å². The monoisotopic (exact) mass is 302 g/mol. The van der Waals surface area contributed by atoms with Gasteiger partial charge in [0.25, 0.3) is 0 Å². The maximum absolute atomic E-state index is 5.68. The summed E-state index contributed by atoms with van der Waals surface area (Å²) >= 11 is 0. The van der Waals surface area contributed by atoms with E-state index in [9.17, 15) is 0 Å². The molecule has 0 spiro atoms. The zero-order chi connectivity index (χ0) is 15.6. The normalized spacial score (nSPS) is 13.7. The van der Waals surface area contributed by atoms with Gasteiger partial charge in [-0.05, 0) is 24.3 Å². The van der Waals surface area contributed by atoms with E-state index in [0.29, 0.717) is 26.4 Å². The summed E-state index contributed by atoms with van der Waals surface area (Å²) < 4.78 is 22.7. The molecule has 0 atom stereocenters. The van der Waals surface area contributed by atoms with Gasteiger partial charge >= 0.3 is 0 Å². The van der Waals surface area contributed by atoms with Crippen molar-refractivity contribution in [1.29, 1.82) is 0 Å². The van der Waals surface area contributed by atoms with Crippen LogP contribution in [0.2, 0.25) is 0 Å². The lowest BCUT2D eigenvalue weighted by Crippen LogP contribution is -2.14. The smallest absolute Gasteiger partial charge is 0.161 e. The minimum Gasteiger partial charge on any atom is -0.486 e. The van der Waals surface area contributed by atoms with Crippen LogP contribution in [-0.2, 0) is 0 Å². The highest BCUT2D eigenvalue weighted by atomic mass is 16.6. The molecule has 118 valence electrons. The maximum atomic E-state index is 5.68. The molecule has 0 aromatic heterocycles. The Balaban J connectivity index is 0.000000847. The highest BCUT2D eigenvalue weighted by molar-refractivity contribution is 5.40. The zero-order valence-corrected chi connectivity index (χ0v) is 13.1. The standard InChI is InChI=1S/C16H16O4.C2H6/c1-2-6-14-13(5-1)17-9-10-19-15-7-3-4-8-16(15)20-12-11-18-14;1-2/h1-8H,9-12H2;1-2H3. The Morgan fingerprint density at radius 2 is 0.727 bits per heavy atom. The molecule has 4 heteroatoms. The lowest BCUT2D eigenvalue weighted by atomic mass is 10.3. The molecule has 1 heterocycles. The molecule has 4 nitrogen and oxygen atoms in total. The molecule has 0 amide bonds. The van der Waals surface area contributed by atoms with Crippen molar-refractivity contribution in [1.82, 2.24) is 0 Å². The SMILES string of the molecule is CC.c1ccc2c(c1)OCCOc1ccccc1OCCO2. The zero-order valence-electron chi connectivity index (χ0n) is 13.1. The van der Waals surface area contributed by atoms with Gasteiger partial charge in [-0.25, -0.2) is 0 Å². The van der Waals surface area contributed by atoms with E-state index in [4.69, 9.17) is 18.9 Å². The Morgan fingerprint density at radius 3 is 0.955 bits per heavy atom. The molecule has 1 aliphatic heterocycles. The molecule has 2 aromatic rings. The first-order chi connectivity index (χ1) is 10.9. The van der Waals surface area contributed by atoms with Crippen LogP contribution < -0.4 is 18.9 Å². The third kappa shape index (κ3) is 4.32. The first kappa shape index (κ1) is 16.0. The molecule has 0 radical (unpaired) electrons. The molecular weight excluding hydrogens is 280 g/mol. The molecule has 0 aliphatic carbocycles. The lowest BCUT2D eigenvalue weighted by Gasteiger charge is -2.17. The third-order valence-corrected chi connectivity index (χ3v) is 2.90. The molecule has 0 saturated heterocycles. The molecule has 0 N–H and O–H groups in total. The first-order valence-electron chi connectivity index (χ1n) is 7.63. The van der Waals surface area contributed by atoms with Gasteiger partial charge in [0.15, 0.2) is 23.0 Å². The summed E-state index contributed by atoms with van der Waals surface area (Å²) in [7, 11) is 0. The first-order valence-corrected chi connectivity index (χ1v) is 7.63. The van der Waals surface area contributed by atoms with Crippen LogP contribution in [0.4, 0.5) is 0 Å². The van der Waals surface area contributed by atoms with Crippen molar-refractivity contribution in [3.05, 3.63) is 48.5 Å². The largest absolute Gasteiger partial charge is 0.486 e. The van der Waals surface area contributed by atoms with Crippen LogP contribution in [0.3, 0.4) is 0 Å². The van der Waals surface area contributed by atoms with E-state index in [-0.39, 0.29) is 0 Å². The Hall–Kier alpha value is -2.36. The molecular formula is C18H22O4. The number of fused-ring (bicyclic) bond motifs is 2.